The second-order valence-electron chi connectivity index (χ2n) is 6.99. The van der Waals surface area contributed by atoms with Crippen molar-refractivity contribution in [3.05, 3.63) is 71.2 Å². The van der Waals surface area contributed by atoms with Gasteiger partial charge in [0.1, 0.15) is 5.75 Å². The second-order valence-corrected chi connectivity index (χ2v) is 9.72. The van der Waals surface area contributed by atoms with Crippen molar-refractivity contribution in [2.45, 2.75) is 4.90 Å². The number of nitrogens with zero attached hydrogens (tertiary/aromatic N) is 2. The summed E-state index contributed by atoms with van der Waals surface area (Å²) in [5.41, 5.74) is 0. The molecule has 3 aromatic carbocycles. The van der Waals surface area contributed by atoms with Crippen molar-refractivity contribution in [3.63, 3.8) is 0 Å². The molecule has 0 aliphatic carbocycles. The first-order valence-electron chi connectivity index (χ1n) is 9.60. The first-order chi connectivity index (χ1) is 14.5. The van der Waals surface area contributed by atoms with E-state index in [1.165, 1.54) is 4.31 Å². The van der Waals surface area contributed by atoms with Gasteiger partial charge in [0.25, 0.3) is 5.91 Å². The van der Waals surface area contributed by atoms with Crippen LogP contribution in [-0.2, 0) is 14.8 Å². The summed E-state index contributed by atoms with van der Waals surface area (Å²) in [5, 5.41) is 2.10. The largest absolute Gasteiger partial charge is 0.483 e. The molecular formula is C22H21BrN2O4S. The van der Waals surface area contributed by atoms with Gasteiger partial charge in [0.15, 0.2) is 6.61 Å². The van der Waals surface area contributed by atoms with Gasteiger partial charge in [-0.05, 0) is 44.9 Å². The zero-order valence-corrected chi connectivity index (χ0v) is 18.6. The SMILES string of the molecule is O=C(COc1ccc2ccccc2c1Br)N1CCN(S(=O)(=O)c2ccccc2)CC1. The van der Waals surface area contributed by atoms with Crippen LogP contribution < -0.4 is 4.74 Å². The summed E-state index contributed by atoms with van der Waals surface area (Å²) in [6.45, 7) is 1.12. The lowest BCUT2D eigenvalue weighted by molar-refractivity contribution is -0.134. The fraction of sp³-hybridized carbons (Fsp3) is 0.227. The number of rotatable bonds is 5. The third kappa shape index (κ3) is 4.21. The molecule has 0 aromatic heterocycles. The van der Waals surface area contributed by atoms with E-state index in [0.717, 1.165) is 15.2 Å². The summed E-state index contributed by atoms with van der Waals surface area (Å²) in [4.78, 5) is 14.5. The third-order valence-electron chi connectivity index (χ3n) is 5.15. The average molecular weight is 489 g/mol. The van der Waals surface area contributed by atoms with E-state index >= 15 is 0 Å². The monoisotopic (exact) mass is 488 g/mol. The van der Waals surface area contributed by atoms with E-state index < -0.39 is 10.0 Å². The molecule has 0 spiro atoms. The number of hydrogen-bond acceptors (Lipinski definition) is 4. The van der Waals surface area contributed by atoms with Gasteiger partial charge < -0.3 is 9.64 Å². The van der Waals surface area contributed by atoms with E-state index in [1.807, 2.05) is 36.4 Å². The zero-order chi connectivity index (χ0) is 21.1. The second kappa shape index (κ2) is 8.75. The van der Waals surface area contributed by atoms with E-state index in [-0.39, 0.29) is 30.5 Å². The van der Waals surface area contributed by atoms with Crippen LogP contribution >= 0.6 is 15.9 Å². The topological polar surface area (TPSA) is 66.9 Å². The minimum Gasteiger partial charge on any atom is -0.483 e. The third-order valence-corrected chi connectivity index (χ3v) is 7.88. The van der Waals surface area contributed by atoms with Crippen LogP contribution in [0.25, 0.3) is 10.8 Å². The van der Waals surface area contributed by atoms with Gasteiger partial charge in [-0.25, -0.2) is 8.42 Å². The van der Waals surface area contributed by atoms with Gasteiger partial charge in [0, 0.05) is 26.2 Å². The van der Waals surface area contributed by atoms with E-state index in [2.05, 4.69) is 15.9 Å². The first-order valence-corrected chi connectivity index (χ1v) is 11.8. The molecule has 0 bridgehead atoms. The number of sulfonamides is 1. The number of ether oxygens (including phenoxy) is 1. The number of carbonyl (C=O) groups is 1. The van der Waals surface area contributed by atoms with Crippen molar-refractivity contribution in [2.24, 2.45) is 0 Å². The molecular weight excluding hydrogens is 468 g/mol. The molecule has 0 N–H and O–H groups in total. The lowest BCUT2D eigenvalue weighted by atomic mass is 10.1. The van der Waals surface area contributed by atoms with Crippen molar-refractivity contribution < 1.29 is 17.9 Å². The van der Waals surface area contributed by atoms with E-state index in [0.29, 0.717) is 18.8 Å². The van der Waals surface area contributed by atoms with Crippen LogP contribution in [0.3, 0.4) is 0 Å². The summed E-state index contributed by atoms with van der Waals surface area (Å²) >= 11 is 3.56. The van der Waals surface area contributed by atoms with Crippen LogP contribution in [0.5, 0.6) is 5.75 Å². The van der Waals surface area contributed by atoms with Gasteiger partial charge in [0.2, 0.25) is 10.0 Å². The molecule has 0 saturated carbocycles. The Morgan fingerprint density at radius 2 is 1.57 bits per heavy atom. The standard InChI is InChI=1S/C22H21BrN2O4S/c23-22-19-9-5-4-6-17(19)10-11-20(22)29-16-21(26)24-12-14-25(15-13-24)30(27,28)18-7-2-1-3-8-18/h1-11H,12-16H2. The van der Waals surface area contributed by atoms with Crippen LogP contribution in [0.4, 0.5) is 0 Å². The predicted molar refractivity (Wildman–Crippen MR) is 119 cm³/mol. The fourth-order valence-corrected chi connectivity index (χ4v) is 5.53. The predicted octanol–water partition coefficient (Wildman–Crippen LogP) is 3.51. The minimum absolute atomic E-state index is 0.0949. The Morgan fingerprint density at radius 1 is 0.900 bits per heavy atom. The number of amides is 1. The lowest BCUT2D eigenvalue weighted by Crippen LogP contribution is -2.51. The Morgan fingerprint density at radius 3 is 2.30 bits per heavy atom. The Labute approximate surface area is 184 Å². The van der Waals surface area contributed by atoms with E-state index in [1.54, 1.807) is 35.2 Å². The van der Waals surface area contributed by atoms with Gasteiger partial charge in [-0.3, -0.25) is 4.79 Å². The van der Waals surface area contributed by atoms with Crippen LogP contribution in [-0.4, -0.2) is 56.3 Å². The van der Waals surface area contributed by atoms with Crippen LogP contribution in [0.2, 0.25) is 0 Å². The first kappa shape index (κ1) is 20.8. The van der Waals surface area contributed by atoms with Crippen LogP contribution in [0, 0.1) is 0 Å². The summed E-state index contributed by atoms with van der Waals surface area (Å²) in [7, 11) is -3.53. The Balaban J connectivity index is 1.36. The molecule has 0 unspecified atom stereocenters. The maximum atomic E-state index is 12.7. The van der Waals surface area contributed by atoms with Crippen LogP contribution in [0.15, 0.2) is 76.1 Å². The number of carbonyl (C=O) groups excluding carboxylic acids is 1. The summed E-state index contributed by atoms with van der Waals surface area (Å²) in [5.74, 6) is 0.444. The fourth-order valence-electron chi connectivity index (χ4n) is 3.48. The zero-order valence-electron chi connectivity index (χ0n) is 16.2. The molecule has 0 atom stereocenters. The number of halogens is 1. The highest BCUT2D eigenvalue weighted by Crippen LogP contribution is 2.33. The summed E-state index contributed by atoms with van der Waals surface area (Å²) in [6, 6.07) is 20.1. The maximum absolute atomic E-state index is 12.7. The molecule has 8 heteroatoms. The van der Waals surface area contributed by atoms with Gasteiger partial charge in [-0.1, -0.05) is 48.5 Å². The Bertz CT molecular complexity index is 1160. The maximum Gasteiger partial charge on any atom is 0.260 e. The van der Waals surface area contributed by atoms with Crippen molar-refractivity contribution in [1.82, 2.24) is 9.21 Å². The Hall–Kier alpha value is -2.42. The molecule has 6 nitrogen and oxygen atoms in total. The molecule has 30 heavy (non-hydrogen) atoms. The molecule has 1 fully saturated rings. The lowest BCUT2D eigenvalue weighted by Gasteiger charge is -2.34. The molecule has 0 radical (unpaired) electrons. The molecule has 156 valence electrons. The van der Waals surface area contributed by atoms with Gasteiger partial charge >= 0.3 is 0 Å². The molecule has 1 saturated heterocycles. The van der Waals surface area contributed by atoms with Gasteiger partial charge in [-0.15, -0.1) is 0 Å². The summed E-state index contributed by atoms with van der Waals surface area (Å²) in [6.07, 6.45) is 0. The number of fused-ring (bicyclic) bond motifs is 1. The van der Waals surface area contributed by atoms with Crippen molar-refractivity contribution in [1.29, 1.82) is 0 Å². The highest BCUT2D eigenvalue weighted by atomic mass is 79.9. The number of benzene rings is 3. The van der Waals surface area contributed by atoms with Crippen LogP contribution in [0.1, 0.15) is 0 Å². The minimum atomic E-state index is -3.53. The highest BCUT2D eigenvalue weighted by Gasteiger charge is 2.30. The normalized spacial score (nSPS) is 15.3. The molecule has 1 aliphatic rings. The molecule has 4 rings (SSSR count). The van der Waals surface area contributed by atoms with Gasteiger partial charge in [-0.2, -0.15) is 4.31 Å². The molecule has 1 aliphatic heterocycles. The molecule has 3 aromatic rings. The number of hydrogen-bond donors (Lipinski definition) is 0. The van der Waals surface area contributed by atoms with E-state index in [4.69, 9.17) is 4.74 Å². The van der Waals surface area contributed by atoms with Crippen molar-refractivity contribution in [3.8, 4) is 5.75 Å². The quantitative estimate of drug-likeness (QED) is 0.550. The smallest absolute Gasteiger partial charge is 0.260 e. The number of piperazine rings is 1. The molecule has 1 amide bonds. The highest BCUT2D eigenvalue weighted by molar-refractivity contribution is 9.10. The van der Waals surface area contributed by atoms with Gasteiger partial charge in [0.05, 0.1) is 9.37 Å². The van der Waals surface area contributed by atoms with E-state index in [9.17, 15) is 13.2 Å². The summed E-state index contributed by atoms with van der Waals surface area (Å²) < 4.78 is 33.4. The average Bonchev–Trinajstić information content (AvgIpc) is 2.79. The molecule has 1 heterocycles. The van der Waals surface area contributed by atoms with Crippen molar-refractivity contribution in [2.75, 3.05) is 32.8 Å². The van der Waals surface area contributed by atoms with Crippen molar-refractivity contribution >= 4 is 42.6 Å². The Kier molecular flexibility index (Phi) is 6.08.